The maximum absolute atomic E-state index is 13.3. The van der Waals surface area contributed by atoms with E-state index in [0.29, 0.717) is 47.0 Å². The number of nitrogens with one attached hydrogen (secondary N) is 3. The standard InChI is InChI=1S/C38H43N5O4/c1-7-34(44)40-32-22-28(17-18-30(32)36(46)43-19-8-9-20-43)39-33-21-26(23-42(6)37(33)47)29-11-10-12-31(24(29)2)41-35(45)25-13-15-27(16-14-25)38(3,4)5/h10-18,21-23,39H,7-9,19-20H2,1-6H3,(H,40,44)(H,41,45). The van der Waals surface area contributed by atoms with Gasteiger partial charge in [-0.2, -0.15) is 0 Å². The van der Waals surface area contributed by atoms with E-state index >= 15 is 0 Å². The van der Waals surface area contributed by atoms with Crippen molar-refractivity contribution in [2.24, 2.45) is 7.05 Å². The third-order valence-electron chi connectivity index (χ3n) is 8.61. The van der Waals surface area contributed by atoms with Gasteiger partial charge in [0.1, 0.15) is 5.69 Å². The lowest BCUT2D eigenvalue weighted by molar-refractivity contribution is -0.115. The molecule has 2 heterocycles. The van der Waals surface area contributed by atoms with E-state index in [1.54, 1.807) is 49.3 Å². The van der Waals surface area contributed by atoms with Crippen LogP contribution in [0.3, 0.4) is 0 Å². The molecule has 0 spiro atoms. The number of pyridine rings is 1. The predicted octanol–water partition coefficient (Wildman–Crippen LogP) is 7.24. The summed E-state index contributed by atoms with van der Waals surface area (Å²) in [5, 5.41) is 9.12. The Labute approximate surface area is 276 Å². The van der Waals surface area contributed by atoms with Gasteiger partial charge >= 0.3 is 0 Å². The van der Waals surface area contributed by atoms with Gasteiger partial charge in [-0.1, -0.05) is 52.0 Å². The van der Waals surface area contributed by atoms with Gasteiger partial charge in [0.15, 0.2) is 0 Å². The number of aryl methyl sites for hydroxylation is 1. The Balaban J connectivity index is 1.43. The van der Waals surface area contributed by atoms with Crippen LogP contribution in [0.4, 0.5) is 22.7 Å². The van der Waals surface area contributed by atoms with E-state index in [0.717, 1.165) is 35.1 Å². The molecule has 9 nitrogen and oxygen atoms in total. The zero-order valence-corrected chi connectivity index (χ0v) is 28.0. The Kier molecular flexibility index (Phi) is 9.65. The molecular formula is C38H43N5O4. The van der Waals surface area contributed by atoms with Crippen LogP contribution >= 0.6 is 0 Å². The van der Waals surface area contributed by atoms with E-state index < -0.39 is 0 Å². The second-order valence-corrected chi connectivity index (χ2v) is 13.1. The molecule has 0 radical (unpaired) electrons. The molecule has 1 aliphatic rings. The largest absolute Gasteiger partial charge is 0.351 e. The van der Waals surface area contributed by atoms with Gasteiger partial charge in [-0.3, -0.25) is 19.2 Å². The van der Waals surface area contributed by atoms with E-state index in [9.17, 15) is 19.2 Å². The van der Waals surface area contributed by atoms with Crippen molar-refractivity contribution in [1.29, 1.82) is 0 Å². The molecule has 1 aliphatic heterocycles. The van der Waals surface area contributed by atoms with Gasteiger partial charge in [0.05, 0.1) is 11.3 Å². The first-order valence-corrected chi connectivity index (χ1v) is 16.1. The molecule has 0 atom stereocenters. The van der Waals surface area contributed by atoms with E-state index in [1.165, 1.54) is 4.57 Å². The fourth-order valence-electron chi connectivity index (χ4n) is 5.75. The van der Waals surface area contributed by atoms with Crippen LogP contribution < -0.4 is 21.5 Å². The number of likely N-dealkylation sites (tertiary alicyclic amines) is 1. The highest BCUT2D eigenvalue weighted by molar-refractivity contribution is 6.06. The van der Waals surface area contributed by atoms with Gasteiger partial charge in [0, 0.05) is 55.3 Å². The van der Waals surface area contributed by atoms with Crippen LogP contribution in [-0.2, 0) is 17.3 Å². The van der Waals surface area contributed by atoms with Crippen molar-refractivity contribution in [2.75, 3.05) is 29.0 Å². The van der Waals surface area contributed by atoms with Crippen LogP contribution in [0, 0.1) is 6.92 Å². The van der Waals surface area contributed by atoms with Crippen LogP contribution in [0.15, 0.2) is 77.7 Å². The predicted molar refractivity (Wildman–Crippen MR) is 189 cm³/mol. The van der Waals surface area contributed by atoms with Gasteiger partial charge in [-0.15, -0.1) is 0 Å². The maximum Gasteiger partial charge on any atom is 0.274 e. The molecule has 3 N–H and O–H groups in total. The van der Waals surface area contributed by atoms with E-state index in [1.807, 2.05) is 49.4 Å². The fraction of sp³-hybridized carbons (Fsp3) is 0.316. The first-order valence-electron chi connectivity index (χ1n) is 16.1. The number of amides is 3. The van der Waals surface area contributed by atoms with Crippen LogP contribution in [0.1, 0.15) is 78.8 Å². The Bertz CT molecular complexity index is 1880. The number of benzene rings is 3. The lowest BCUT2D eigenvalue weighted by atomic mass is 9.86. The summed E-state index contributed by atoms with van der Waals surface area (Å²) in [6, 6.07) is 20.2. The topological polar surface area (TPSA) is 113 Å². The minimum absolute atomic E-state index is 0.00743. The molecule has 1 saturated heterocycles. The number of carbonyl (C=O) groups excluding carboxylic acids is 3. The average Bonchev–Trinajstić information content (AvgIpc) is 3.59. The molecule has 3 amide bonds. The summed E-state index contributed by atoms with van der Waals surface area (Å²) >= 11 is 0. The molecule has 1 fully saturated rings. The Hall–Kier alpha value is -5.18. The molecular weight excluding hydrogens is 590 g/mol. The van der Waals surface area contributed by atoms with E-state index in [4.69, 9.17) is 0 Å². The number of hydrogen-bond acceptors (Lipinski definition) is 5. The lowest BCUT2D eigenvalue weighted by Crippen LogP contribution is -2.28. The van der Waals surface area contributed by atoms with Crippen LogP contribution in [0.2, 0.25) is 0 Å². The molecule has 0 saturated carbocycles. The van der Waals surface area contributed by atoms with Crippen molar-refractivity contribution >= 4 is 40.5 Å². The first kappa shape index (κ1) is 33.2. The third-order valence-corrected chi connectivity index (χ3v) is 8.61. The molecule has 5 rings (SSSR count). The summed E-state index contributed by atoms with van der Waals surface area (Å²) < 4.78 is 1.50. The minimum Gasteiger partial charge on any atom is -0.351 e. The number of carbonyl (C=O) groups is 3. The molecule has 1 aromatic heterocycles. The highest BCUT2D eigenvalue weighted by Crippen LogP contribution is 2.31. The number of hydrogen-bond donors (Lipinski definition) is 3. The summed E-state index contributed by atoms with van der Waals surface area (Å²) in [6.07, 6.45) is 3.95. The molecule has 0 bridgehead atoms. The third kappa shape index (κ3) is 7.46. The molecule has 9 heteroatoms. The van der Waals surface area contributed by atoms with Crippen molar-refractivity contribution in [1.82, 2.24) is 9.47 Å². The summed E-state index contributed by atoms with van der Waals surface area (Å²) in [5.74, 6) is -0.534. The van der Waals surface area contributed by atoms with Gasteiger partial charge in [-0.05, 0) is 84.3 Å². The van der Waals surface area contributed by atoms with Crippen LogP contribution in [0.25, 0.3) is 11.1 Å². The number of anilines is 4. The van der Waals surface area contributed by atoms with E-state index in [-0.39, 0.29) is 35.1 Å². The summed E-state index contributed by atoms with van der Waals surface area (Å²) in [5.41, 5.74) is 6.32. The lowest BCUT2D eigenvalue weighted by Gasteiger charge is -2.19. The zero-order chi connectivity index (χ0) is 33.9. The van der Waals surface area contributed by atoms with Crippen molar-refractivity contribution in [3.63, 3.8) is 0 Å². The molecule has 3 aromatic carbocycles. The highest BCUT2D eigenvalue weighted by Gasteiger charge is 2.23. The SMILES string of the molecule is CCC(=O)Nc1cc(Nc2cc(-c3cccc(NC(=O)c4ccc(C(C)(C)C)cc4)c3C)cn(C)c2=O)ccc1C(=O)N1CCCC1. The van der Waals surface area contributed by atoms with Crippen molar-refractivity contribution < 1.29 is 14.4 Å². The molecule has 244 valence electrons. The average molecular weight is 634 g/mol. The van der Waals surface area contributed by atoms with Crippen LogP contribution in [-0.4, -0.2) is 40.3 Å². The smallest absolute Gasteiger partial charge is 0.274 e. The first-order chi connectivity index (χ1) is 22.3. The van der Waals surface area contributed by atoms with Crippen molar-refractivity contribution in [2.45, 2.75) is 59.3 Å². The monoisotopic (exact) mass is 633 g/mol. The number of nitrogens with zero attached hydrogens (tertiary/aromatic N) is 2. The molecule has 0 unspecified atom stereocenters. The normalized spacial score (nSPS) is 12.9. The molecule has 4 aromatic rings. The Morgan fingerprint density at radius 2 is 1.55 bits per heavy atom. The second kappa shape index (κ2) is 13.7. The number of aromatic nitrogens is 1. The highest BCUT2D eigenvalue weighted by atomic mass is 16.2. The summed E-state index contributed by atoms with van der Waals surface area (Å²) in [4.78, 5) is 53.8. The van der Waals surface area contributed by atoms with Crippen molar-refractivity contribution in [3.8, 4) is 11.1 Å². The maximum atomic E-state index is 13.3. The second-order valence-electron chi connectivity index (χ2n) is 13.1. The molecule has 0 aliphatic carbocycles. The number of rotatable bonds is 8. The van der Waals surface area contributed by atoms with Gasteiger partial charge in [0.2, 0.25) is 5.91 Å². The summed E-state index contributed by atoms with van der Waals surface area (Å²) in [7, 11) is 1.68. The van der Waals surface area contributed by atoms with E-state index in [2.05, 4.69) is 36.7 Å². The van der Waals surface area contributed by atoms with Crippen molar-refractivity contribution in [3.05, 3.63) is 106 Å². The Morgan fingerprint density at radius 3 is 2.21 bits per heavy atom. The zero-order valence-electron chi connectivity index (χ0n) is 28.0. The van der Waals surface area contributed by atoms with Gasteiger partial charge in [-0.25, -0.2) is 0 Å². The summed E-state index contributed by atoms with van der Waals surface area (Å²) in [6.45, 7) is 11.5. The van der Waals surface area contributed by atoms with Gasteiger partial charge in [0.25, 0.3) is 17.4 Å². The van der Waals surface area contributed by atoms with Crippen LogP contribution in [0.5, 0.6) is 0 Å². The fourth-order valence-corrected chi connectivity index (χ4v) is 5.75. The minimum atomic E-state index is -0.245. The molecule has 47 heavy (non-hydrogen) atoms. The quantitative estimate of drug-likeness (QED) is 0.189. The van der Waals surface area contributed by atoms with Gasteiger partial charge < -0.3 is 25.4 Å². The Morgan fingerprint density at radius 1 is 0.851 bits per heavy atom.